The molecular weight excluding hydrogens is 134 g/mol. The molecule has 1 heteroatoms. The number of anilines is 1. The number of hydrogen-bond acceptors (Lipinski definition) is 1. The maximum atomic E-state index is 3.64. The Morgan fingerprint density at radius 2 is 2.27 bits per heavy atom. The van der Waals surface area contributed by atoms with E-state index in [1.54, 1.807) is 6.08 Å². The van der Waals surface area contributed by atoms with Crippen molar-refractivity contribution in [2.75, 3.05) is 12.4 Å². The monoisotopic (exact) mass is 146 g/mol. The fourth-order valence-corrected chi connectivity index (χ4v) is 0.934. The van der Waals surface area contributed by atoms with Gasteiger partial charge in [-0.15, -0.1) is 0 Å². The molecule has 0 heterocycles. The highest BCUT2D eigenvalue weighted by atomic mass is 14.8. The molecule has 0 aliphatic rings. The molecule has 1 rings (SSSR count). The molecule has 11 heavy (non-hydrogen) atoms. The van der Waals surface area contributed by atoms with Crippen molar-refractivity contribution in [2.45, 2.75) is 0 Å². The Kier molecular flexibility index (Phi) is 2.73. The lowest BCUT2D eigenvalue weighted by Gasteiger charge is -1.99. The summed E-state index contributed by atoms with van der Waals surface area (Å²) in [6.45, 7) is 3.64. The van der Waals surface area contributed by atoms with Gasteiger partial charge in [-0.25, -0.2) is 0 Å². The fraction of sp³-hybridized carbons (Fsp3) is 0.100. The minimum absolute atomic E-state index is 1.13. The molecule has 0 amide bonds. The van der Waals surface area contributed by atoms with Gasteiger partial charge >= 0.3 is 0 Å². The third-order valence-electron chi connectivity index (χ3n) is 1.49. The van der Waals surface area contributed by atoms with Gasteiger partial charge in [0.2, 0.25) is 0 Å². The Morgan fingerprint density at radius 1 is 1.45 bits per heavy atom. The second kappa shape index (κ2) is 3.81. The first kappa shape index (κ1) is 7.86. The third-order valence-corrected chi connectivity index (χ3v) is 1.49. The first-order chi connectivity index (χ1) is 5.36. The molecule has 0 atom stereocenters. The number of benzene rings is 1. The molecule has 1 aromatic carbocycles. The summed E-state index contributed by atoms with van der Waals surface area (Å²) in [4.78, 5) is 0. The predicted octanol–water partition coefficient (Wildman–Crippen LogP) is 2.58. The van der Waals surface area contributed by atoms with E-state index in [1.807, 2.05) is 31.3 Å². The van der Waals surface area contributed by atoms with E-state index in [9.17, 15) is 0 Å². The molecule has 0 aliphatic carbocycles. The lowest BCUT2D eigenvalue weighted by Crippen LogP contribution is -1.86. The van der Waals surface area contributed by atoms with Crippen LogP contribution in [-0.4, -0.2) is 7.05 Å². The second-order valence-electron chi connectivity index (χ2n) is 2.28. The summed E-state index contributed by atoms with van der Waals surface area (Å²) in [7, 11) is 1.91. The average Bonchev–Trinajstić information content (AvgIpc) is 2.06. The number of allylic oxidation sites excluding steroid dienone is 1. The minimum atomic E-state index is 1.13. The maximum Gasteiger partial charge on any atom is 0.0343 e. The van der Waals surface area contributed by atoms with Crippen LogP contribution in [-0.2, 0) is 0 Å². The lowest BCUT2D eigenvalue weighted by molar-refractivity contribution is 1.50. The van der Waals surface area contributed by atoms with Gasteiger partial charge in [0.1, 0.15) is 0 Å². The minimum Gasteiger partial charge on any atom is -0.388 e. The Bertz CT molecular complexity index is 251. The van der Waals surface area contributed by atoms with Crippen LogP contribution in [0.15, 0.2) is 30.3 Å². The third kappa shape index (κ3) is 2.11. The molecule has 1 N–H and O–H groups in total. The standard InChI is InChI=1S/C10H12N/c1-3-5-9-6-4-7-10(8-9)11-2/h3-8,11H,1H2,2H3/b5-3+. The van der Waals surface area contributed by atoms with E-state index < -0.39 is 0 Å². The summed E-state index contributed by atoms with van der Waals surface area (Å²) in [6, 6.07) is 8.16. The van der Waals surface area contributed by atoms with E-state index in [0.29, 0.717) is 0 Å². The average molecular weight is 146 g/mol. The number of nitrogens with one attached hydrogen (secondary N) is 1. The van der Waals surface area contributed by atoms with Gasteiger partial charge in [-0.05, 0) is 24.6 Å². The van der Waals surface area contributed by atoms with Crippen molar-refractivity contribution in [3.8, 4) is 0 Å². The van der Waals surface area contributed by atoms with Crippen molar-refractivity contribution in [1.82, 2.24) is 0 Å². The van der Waals surface area contributed by atoms with Crippen molar-refractivity contribution in [3.63, 3.8) is 0 Å². The van der Waals surface area contributed by atoms with Crippen LogP contribution in [0.4, 0.5) is 5.69 Å². The van der Waals surface area contributed by atoms with Gasteiger partial charge in [-0.3, -0.25) is 0 Å². The highest BCUT2D eigenvalue weighted by Crippen LogP contribution is 2.10. The maximum absolute atomic E-state index is 3.64. The van der Waals surface area contributed by atoms with Gasteiger partial charge in [0.15, 0.2) is 0 Å². The Labute approximate surface area is 67.8 Å². The molecule has 0 aliphatic heterocycles. The molecule has 0 saturated heterocycles. The van der Waals surface area contributed by atoms with E-state index in [4.69, 9.17) is 0 Å². The molecule has 0 saturated carbocycles. The van der Waals surface area contributed by atoms with Gasteiger partial charge in [-0.2, -0.15) is 0 Å². The van der Waals surface area contributed by atoms with Crippen LogP contribution < -0.4 is 5.32 Å². The topological polar surface area (TPSA) is 12.0 Å². The van der Waals surface area contributed by atoms with E-state index in [2.05, 4.69) is 18.3 Å². The zero-order chi connectivity index (χ0) is 8.10. The van der Waals surface area contributed by atoms with Crippen molar-refractivity contribution >= 4 is 11.8 Å². The van der Waals surface area contributed by atoms with E-state index in [0.717, 1.165) is 5.69 Å². The predicted molar refractivity (Wildman–Crippen MR) is 50.4 cm³/mol. The number of rotatable bonds is 2. The second-order valence-corrected chi connectivity index (χ2v) is 2.28. The van der Waals surface area contributed by atoms with E-state index in [1.165, 1.54) is 5.56 Å². The highest BCUT2D eigenvalue weighted by Gasteiger charge is 1.87. The van der Waals surface area contributed by atoms with Gasteiger partial charge in [0.05, 0.1) is 0 Å². The molecule has 1 radical (unpaired) electrons. The van der Waals surface area contributed by atoms with Gasteiger partial charge in [0, 0.05) is 12.7 Å². The molecule has 57 valence electrons. The Balaban J connectivity index is 2.91. The van der Waals surface area contributed by atoms with Gasteiger partial charge in [-0.1, -0.05) is 24.3 Å². The molecular formula is C10H12N. The Hall–Kier alpha value is -1.24. The van der Waals surface area contributed by atoms with Crippen molar-refractivity contribution in [3.05, 3.63) is 42.8 Å². The van der Waals surface area contributed by atoms with Crippen molar-refractivity contribution < 1.29 is 0 Å². The van der Waals surface area contributed by atoms with Crippen LogP contribution in [0.3, 0.4) is 0 Å². The van der Waals surface area contributed by atoms with E-state index >= 15 is 0 Å². The van der Waals surface area contributed by atoms with Crippen LogP contribution in [0.25, 0.3) is 6.08 Å². The van der Waals surface area contributed by atoms with Crippen molar-refractivity contribution in [2.24, 2.45) is 0 Å². The van der Waals surface area contributed by atoms with Crippen molar-refractivity contribution in [1.29, 1.82) is 0 Å². The smallest absolute Gasteiger partial charge is 0.0343 e. The molecule has 0 spiro atoms. The zero-order valence-electron chi connectivity index (χ0n) is 6.67. The first-order valence-corrected chi connectivity index (χ1v) is 3.60. The molecule has 1 aromatic rings. The van der Waals surface area contributed by atoms with Crippen LogP contribution in [0.5, 0.6) is 0 Å². The normalized spacial score (nSPS) is 10.4. The summed E-state index contributed by atoms with van der Waals surface area (Å²) in [5.41, 5.74) is 2.30. The summed E-state index contributed by atoms with van der Waals surface area (Å²) >= 11 is 0. The Morgan fingerprint density at radius 3 is 2.91 bits per heavy atom. The molecule has 0 unspecified atom stereocenters. The molecule has 0 aromatic heterocycles. The van der Waals surface area contributed by atoms with Gasteiger partial charge < -0.3 is 5.32 Å². The zero-order valence-corrected chi connectivity index (χ0v) is 6.67. The number of hydrogen-bond donors (Lipinski definition) is 1. The summed E-state index contributed by atoms with van der Waals surface area (Å²) in [6.07, 6.45) is 3.76. The molecule has 1 nitrogen and oxygen atoms in total. The molecule has 0 fully saturated rings. The van der Waals surface area contributed by atoms with Crippen LogP contribution in [0, 0.1) is 6.92 Å². The quantitative estimate of drug-likeness (QED) is 0.676. The highest BCUT2D eigenvalue weighted by molar-refractivity contribution is 5.57. The van der Waals surface area contributed by atoms with Gasteiger partial charge in [0.25, 0.3) is 0 Å². The van der Waals surface area contributed by atoms with Crippen LogP contribution >= 0.6 is 0 Å². The summed E-state index contributed by atoms with van der Waals surface area (Å²) in [5, 5.41) is 3.07. The van der Waals surface area contributed by atoms with Crippen LogP contribution in [0.1, 0.15) is 5.56 Å². The summed E-state index contributed by atoms with van der Waals surface area (Å²) < 4.78 is 0. The lowest BCUT2D eigenvalue weighted by atomic mass is 10.2. The largest absolute Gasteiger partial charge is 0.388 e. The fourth-order valence-electron chi connectivity index (χ4n) is 0.934. The van der Waals surface area contributed by atoms with E-state index in [-0.39, 0.29) is 0 Å². The summed E-state index contributed by atoms with van der Waals surface area (Å²) in [5.74, 6) is 0. The first-order valence-electron chi connectivity index (χ1n) is 3.60. The molecule has 0 bridgehead atoms. The SMILES string of the molecule is [CH2]/C=C/c1cccc(NC)c1. The van der Waals surface area contributed by atoms with Crippen LogP contribution in [0.2, 0.25) is 0 Å².